The highest BCUT2D eigenvalue weighted by Gasteiger charge is 2.15. The second-order valence-electron chi connectivity index (χ2n) is 5.03. The van der Waals surface area contributed by atoms with E-state index in [2.05, 4.69) is 44.9 Å². The van der Waals surface area contributed by atoms with Crippen LogP contribution in [0.1, 0.15) is 12.0 Å². The summed E-state index contributed by atoms with van der Waals surface area (Å²) in [6, 6.07) is 10.4. The van der Waals surface area contributed by atoms with E-state index in [1.165, 1.54) is 11.6 Å². The summed E-state index contributed by atoms with van der Waals surface area (Å²) in [5, 5.41) is 0. The molecule has 0 aliphatic carbocycles. The van der Waals surface area contributed by atoms with E-state index in [-0.39, 0.29) is 5.97 Å². The molecule has 0 unspecified atom stereocenters. The fourth-order valence-corrected chi connectivity index (χ4v) is 1.88. The summed E-state index contributed by atoms with van der Waals surface area (Å²) in [5.74, 6) is -0.344. The van der Waals surface area contributed by atoms with Crippen LogP contribution in [0.25, 0.3) is 0 Å². The number of nitrogens with zero attached hydrogens (tertiary/aromatic N) is 1. The highest BCUT2D eigenvalue weighted by molar-refractivity contribution is 5.81. The summed E-state index contributed by atoms with van der Waals surface area (Å²) in [4.78, 5) is 10.9. The van der Waals surface area contributed by atoms with E-state index in [4.69, 9.17) is 4.74 Å². The first-order chi connectivity index (χ1) is 8.53. The van der Waals surface area contributed by atoms with Gasteiger partial charge in [-0.2, -0.15) is 0 Å². The van der Waals surface area contributed by atoms with Crippen molar-refractivity contribution in [3.05, 3.63) is 48.6 Å². The molecule has 0 N–H and O–H groups in total. The lowest BCUT2D eigenvalue weighted by molar-refractivity contribution is -0.903. The Bertz CT molecular complexity index is 385. The molecule has 0 spiro atoms. The number of hydrogen-bond donors (Lipinski definition) is 0. The molecule has 0 fully saturated rings. The van der Waals surface area contributed by atoms with Gasteiger partial charge in [-0.25, -0.2) is 4.79 Å². The van der Waals surface area contributed by atoms with Gasteiger partial charge in [0.15, 0.2) is 0 Å². The predicted octanol–water partition coefficient (Wildman–Crippen LogP) is 2.38. The van der Waals surface area contributed by atoms with Gasteiger partial charge >= 0.3 is 5.97 Å². The maximum Gasteiger partial charge on any atom is 0.330 e. The van der Waals surface area contributed by atoms with Crippen LogP contribution in [0.4, 0.5) is 0 Å². The van der Waals surface area contributed by atoms with Crippen LogP contribution in [-0.2, 0) is 16.1 Å². The largest absolute Gasteiger partial charge is 0.462 e. The predicted molar refractivity (Wildman–Crippen MR) is 72.9 cm³/mol. The van der Waals surface area contributed by atoms with E-state index in [1.54, 1.807) is 0 Å². The number of quaternary nitrogens is 1. The number of benzene rings is 1. The molecule has 3 nitrogen and oxygen atoms in total. The number of rotatable bonds is 7. The second kappa shape index (κ2) is 6.97. The smallest absolute Gasteiger partial charge is 0.330 e. The van der Waals surface area contributed by atoms with Crippen molar-refractivity contribution in [1.82, 2.24) is 0 Å². The zero-order chi connectivity index (χ0) is 13.4. The van der Waals surface area contributed by atoms with Crippen LogP contribution in [0.2, 0.25) is 0 Å². The van der Waals surface area contributed by atoms with Gasteiger partial charge in [-0.05, 0) is 0 Å². The first kappa shape index (κ1) is 14.5. The average molecular weight is 248 g/mol. The third-order valence-electron chi connectivity index (χ3n) is 2.77. The van der Waals surface area contributed by atoms with E-state index in [0.29, 0.717) is 6.61 Å². The molecule has 1 rings (SSSR count). The molecule has 0 saturated heterocycles. The Hall–Kier alpha value is -1.61. The normalized spacial score (nSPS) is 11.0. The first-order valence-electron chi connectivity index (χ1n) is 6.18. The molecule has 0 radical (unpaired) electrons. The van der Waals surface area contributed by atoms with Crippen molar-refractivity contribution >= 4 is 5.97 Å². The number of carbonyl (C=O) groups excluding carboxylic acids is 1. The lowest BCUT2D eigenvalue weighted by Gasteiger charge is -2.29. The molecule has 0 amide bonds. The molecule has 0 aliphatic heterocycles. The van der Waals surface area contributed by atoms with Gasteiger partial charge in [-0.1, -0.05) is 36.9 Å². The van der Waals surface area contributed by atoms with E-state index in [0.717, 1.165) is 24.0 Å². The zero-order valence-corrected chi connectivity index (χ0v) is 11.3. The number of carbonyl (C=O) groups is 1. The van der Waals surface area contributed by atoms with Gasteiger partial charge in [-0.15, -0.1) is 0 Å². The summed E-state index contributed by atoms with van der Waals surface area (Å²) < 4.78 is 5.85. The maximum absolute atomic E-state index is 10.9. The van der Waals surface area contributed by atoms with E-state index in [1.807, 2.05) is 6.07 Å². The molecule has 1 aromatic carbocycles. The highest BCUT2D eigenvalue weighted by atomic mass is 16.5. The summed E-state index contributed by atoms with van der Waals surface area (Å²) >= 11 is 0. The Morgan fingerprint density at radius 2 is 2.00 bits per heavy atom. The van der Waals surface area contributed by atoms with Crippen molar-refractivity contribution in [2.24, 2.45) is 0 Å². The molecule has 0 aromatic heterocycles. The van der Waals surface area contributed by atoms with Crippen molar-refractivity contribution in [3.63, 3.8) is 0 Å². The molecule has 18 heavy (non-hydrogen) atoms. The molecular weight excluding hydrogens is 226 g/mol. The Kier molecular flexibility index (Phi) is 5.59. The van der Waals surface area contributed by atoms with Gasteiger partial charge in [0.2, 0.25) is 0 Å². The molecule has 3 heteroatoms. The van der Waals surface area contributed by atoms with E-state index in [9.17, 15) is 4.79 Å². The van der Waals surface area contributed by atoms with Crippen molar-refractivity contribution < 1.29 is 14.0 Å². The highest BCUT2D eigenvalue weighted by Crippen LogP contribution is 2.09. The Labute approximate surface area is 109 Å². The van der Waals surface area contributed by atoms with E-state index < -0.39 is 0 Å². The molecule has 0 bridgehead atoms. The third kappa shape index (κ3) is 5.64. The van der Waals surface area contributed by atoms with Crippen LogP contribution in [0, 0.1) is 0 Å². The van der Waals surface area contributed by atoms with Gasteiger partial charge in [0, 0.05) is 18.1 Å². The molecule has 0 saturated carbocycles. The van der Waals surface area contributed by atoms with Crippen molar-refractivity contribution in [2.45, 2.75) is 13.0 Å². The molecule has 0 aliphatic rings. The van der Waals surface area contributed by atoms with Crippen LogP contribution in [0.5, 0.6) is 0 Å². The Morgan fingerprint density at radius 3 is 2.61 bits per heavy atom. The third-order valence-corrected chi connectivity index (χ3v) is 2.77. The fraction of sp³-hybridized carbons (Fsp3) is 0.400. The number of hydrogen-bond acceptors (Lipinski definition) is 2. The summed E-state index contributed by atoms with van der Waals surface area (Å²) in [5.41, 5.74) is 1.32. The van der Waals surface area contributed by atoms with Crippen molar-refractivity contribution in [1.29, 1.82) is 0 Å². The molecule has 0 heterocycles. The molecule has 0 atom stereocenters. The van der Waals surface area contributed by atoms with Gasteiger partial charge in [0.25, 0.3) is 0 Å². The Morgan fingerprint density at radius 1 is 1.33 bits per heavy atom. The summed E-state index contributed by atoms with van der Waals surface area (Å²) in [6.45, 7) is 5.78. The van der Waals surface area contributed by atoms with Crippen LogP contribution >= 0.6 is 0 Å². The average Bonchev–Trinajstić information content (AvgIpc) is 2.35. The van der Waals surface area contributed by atoms with Gasteiger partial charge in [-0.3, -0.25) is 0 Å². The van der Waals surface area contributed by atoms with Crippen LogP contribution in [-0.4, -0.2) is 37.7 Å². The van der Waals surface area contributed by atoms with Crippen LogP contribution in [0.15, 0.2) is 43.0 Å². The lowest BCUT2D eigenvalue weighted by Crippen LogP contribution is -2.40. The first-order valence-corrected chi connectivity index (χ1v) is 6.18. The standard InChI is InChI=1S/C15H22NO2/c1-4-15(17)18-12-8-11-16(2,3)13-14-9-6-5-7-10-14/h4-7,9-10H,1,8,11-13H2,2-3H3/q+1. The Balaban J connectivity index is 2.31. The minimum atomic E-state index is -0.344. The fourth-order valence-electron chi connectivity index (χ4n) is 1.88. The molecule has 98 valence electrons. The van der Waals surface area contributed by atoms with Crippen molar-refractivity contribution in [3.8, 4) is 0 Å². The molecular formula is C15H22NO2+. The topological polar surface area (TPSA) is 26.3 Å². The quantitative estimate of drug-likeness (QED) is 0.320. The maximum atomic E-state index is 10.9. The van der Waals surface area contributed by atoms with Crippen LogP contribution in [0.3, 0.4) is 0 Å². The number of esters is 1. The van der Waals surface area contributed by atoms with Crippen molar-refractivity contribution in [2.75, 3.05) is 27.2 Å². The van der Waals surface area contributed by atoms with Gasteiger partial charge in [0.05, 0.1) is 27.2 Å². The monoisotopic (exact) mass is 248 g/mol. The second-order valence-corrected chi connectivity index (χ2v) is 5.03. The SMILES string of the molecule is C=CC(=O)OCCC[N+](C)(C)Cc1ccccc1. The zero-order valence-electron chi connectivity index (χ0n) is 11.3. The van der Waals surface area contributed by atoms with E-state index >= 15 is 0 Å². The van der Waals surface area contributed by atoms with Gasteiger partial charge < -0.3 is 9.22 Å². The summed E-state index contributed by atoms with van der Waals surface area (Å²) in [7, 11) is 4.37. The summed E-state index contributed by atoms with van der Waals surface area (Å²) in [6.07, 6.45) is 2.06. The lowest BCUT2D eigenvalue weighted by atomic mass is 10.2. The minimum absolute atomic E-state index is 0.344. The number of ether oxygens (including phenoxy) is 1. The van der Waals surface area contributed by atoms with Crippen LogP contribution < -0.4 is 0 Å². The van der Waals surface area contributed by atoms with Gasteiger partial charge in [0.1, 0.15) is 6.54 Å². The molecule has 1 aromatic rings. The minimum Gasteiger partial charge on any atom is -0.462 e.